The lowest BCUT2D eigenvalue weighted by molar-refractivity contribution is 0.480. The number of benzene rings is 2. The van der Waals surface area contributed by atoms with Crippen LogP contribution in [0, 0.1) is 0 Å². The zero-order valence-electron chi connectivity index (χ0n) is 13.2. The molecule has 0 aliphatic carbocycles. The molecule has 0 saturated carbocycles. The minimum atomic E-state index is -4.12. The second-order valence-electron chi connectivity index (χ2n) is 4.85. The topological polar surface area (TPSA) is 109 Å². The summed E-state index contributed by atoms with van der Waals surface area (Å²) in [5, 5.41) is 0. The predicted molar refractivity (Wildman–Crippen MR) is 98.1 cm³/mol. The molecule has 2 aromatic rings. The van der Waals surface area contributed by atoms with Crippen molar-refractivity contribution in [2.75, 3.05) is 0 Å². The first-order valence-corrected chi connectivity index (χ1v) is 9.98. The van der Waals surface area contributed by atoms with Crippen molar-refractivity contribution in [2.24, 2.45) is 0 Å². The molecule has 6 nitrogen and oxygen atoms in total. The Morgan fingerprint density at radius 2 is 1.28 bits per heavy atom. The summed E-state index contributed by atoms with van der Waals surface area (Å²) in [6, 6.07) is 13.0. The Morgan fingerprint density at radius 3 is 1.72 bits per heavy atom. The van der Waals surface area contributed by atoms with Gasteiger partial charge in [-0.15, -0.1) is 0 Å². The molecule has 0 spiro atoms. The maximum Gasteiger partial charge on any atom is 0.295 e. The molecule has 0 aromatic heterocycles. The van der Waals surface area contributed by atoms with Gasteiger partial charge in [-0.3, -0.25) is 9.11 Å². The molecule has 0 aliphatic rings. The van der Waals surface area contributed by atoms with Crippen LogP contribution in [0.2, 0.25) is 0 Å². The minimum absolute atomic E-state index is 0.111. The summed E-state index contributed by atoms with van der Waals surface area (Å²) in [5.41, 5.74) is 1.68. The summed E-state index contributed by atoms with van der Waals surface area (Å²) in [7, 11) is -8.07. The van der Waals surface area contributed by atoms with Crippen LogP contribution in [0.3, 0.4) is 0 Å². The molecule has 8 heteroatoms. The van der Waals surface area contributed by atoms with Gasteiger partial charge < -0.3 is 0 Å². The predicted octanol–water partition coefficient (Wildman–Crippen LogP) is 3.29. The van der Waals surface area contributed by atoms with Crippen LogP contribution in [0.5, 0.6) is 0 Å². The van der Waals surface area contributed by atoms with Crippen molar-refractivity contribution in [1.82, 2.24) is 0 Å². The van der Waals surface area contributed by atoms with E-state index in [1.165, 1.54) is 18.2 Å². The molecule has 0 aliphatic heterocycles. The summed E-state index contributed by atoms with van der Waals surface area (Å²) in [6.45, 7) is 6.97. The van der Waals surface area contributed by atoms with Crippen molar-refractivity contribution in [3.63, 3.8) is 0 Å². The van der Waals surface area contributed by atoms with Crippen molar-refractivity contribution in [3.8, 4) is 0 Å². The zero-order valence-corrected chi connectivity index (χ0v) is 14.9. The maximum absolute atomic E-state index is 10.7. The van der Waals surface area contributed by atoms with Crippen molar-refractivity contribution in [3.05, 3.63) is 78.4 Å². The Morgan fingerprint density at radius 1 is 0.800 bits per heavy atom. The third kappa shape index (κ3) is 7.02. The lowest BCUT2D eigenvalue weighted by Gasteiger charge is -2.02. The van der Waals surface area contributed by atoms with Crippen LogP contribution >= 0.6 is 0 Å². The second kappa shape index (κ2) is 8.72. The highest BCUT2D eigenvalue weighted by atomic mass is 32.2. The van der Waals surface area contributed by atoms with Crippen LogP contribution < -0.4 is 0 Å². The molecule has 0 saturated heterocycles. The lowest BCUT2D eigenvalue weighted by Crippen LogP contribution is -2.02. The van der Waals surface area contributed by atoms with Crippen LogP contribution in [0.15, 0.2) is 66.6 Å². The fourth-order valence-corrected chi connectivity index (χ4v) is 3.30. The van der Waals surface area contributed by atoms with Gasteiger partial charge in [-0.25, -0.2) is 0 Å². The van der Waals surface area contributed by atoms with Crippen molar-refractivity contribution >= 4 is 32.4 Å². The summed E-state index contributed by atoms with van der Waals surface area (Å²) < 4.78 is 60.0. The van der Waals surface area contributed by atoms with E-state index in [0.29, 0.717) is 11.1 Å². The molecule has 0 atom stereocenters. The van der Waals surface area contributed by atoms with Gasteiger partial charge in [-0.05, 0) is 22.8 Å². The van der Waals surface area contributed by atoms with Crippen LogP contribution in [0.4, 0.5) is 0 Å². The normalized spacial score (nSPS) is 11.1. The first kappa shape index (κ1) is 20.8. The van der Waals surface area contributed by atoms with Gasteiger partial charge in [0.15, 0.2) is 0 Å². The molecule has 2 N–H and O–H groups in total. The van der Waals surface area contributed by atoms with Crippen LogP contribution in [-0.4, -0.2) is 25.9 Å². The van der Waals surface area contributed by atoms with E-state index in [2.05, 4.69) is 13.2 Å². The standard InChI is InChI=1S/C9H10O3S.C8H8O3S/c1-2-8-5-3-4-6-9(8)7-13(10,11)12;1-2-7-5-3-4-6-8(7)12(9,10)11/h2-6H,1,7H2,(H,10,11,12);2-6H,1H2,(H,9,10,11). The molecular weight excluding hydrogens is 364 g/mol. The Labute approximate surface area is 147 Å². The van der Waals surface area contributed by atoms with E-state index in [4.69, 9.17) is 9.11 Å². The van der Waals surface area contributed by atoms with Crippen molar-refractivity contribution in [1.29, 1.82) is 0 Å². The van der Waals surface area contributed by atoms with Gasteiger partial charge in [-0.1, -0.05) is 67.8 Å². The first-order chi connectivity index (χ1) is 11.6. The first-order valence-electron chi connectivity index (χ1n) is 6.93. The van der Waals surface area contributed by atoms with E-state index in [-0.39, 0.29) is 10.6 Å². The van der Waals surface area contributed by atoms with Gasteiger partial charge >= 0.3 is 0 Å². The van der Waals surface area contributed by atoms with Crippen LogP contribution in [-0.2, 0) is 26.0 Å². The van der Waals surface area contributed by atoms with Gasteiger partial charge in [-0.2, -0.15) is 16.8 Å². The Kier molecular flexibility index (Phi) is 7.25. The molecule has 2 aromatic carbocycles. The van der Waals surface area contributed by atoms with Crippen molar-refractivity contribution in [2.45, 2.75) is 10.6 Å². The molecule has 0 unspecified atom stereocenters. The van der Waals surface area contributed by atoms with E-state index >= 15 is 0 Å². The quantitative estimate of drug-likeness (QED) is 0.768. The Hall–Kier alpha value is -2.26. The van der Waals surface area contributed by atoms with Gasteiger partial charge in [0, 0.05) is 0 Å². The smallest absolute Gasteiger partial charge is 0.285 e. The van der Waals surface area contributed by atoms with Crippen LogP contribution in [0.25, 0.3) is 12.2 Å². The van der Waals surface area contributed by atoms with E-state index in [1.807, 2.05) is 0 Å². The monoisotopic (exact) mass is 382 g/mol. The van der Waals surface area contributed by atoms with Gasteiger partial charge in [0.25, 0.3) is 20.2 Å². The third-order valence-corrected chi connectivity index (χ3v) is 4.63. The van der Waals surface area contributed by atoms with Gasteiger partial charge in [0.05, 0.1) is 0 Å². The van der Waals surface area contributed by atoms with Crippen LogP contribution in [0.1, 0.15) is 16.7 Å². The molecule has 134 valence electrons. The molecular formula is C17H18O6S2. The fourth-order valence-electron chi connectivity index (χ4n) is 1.95. The largest absolute Gasteiger partial charge is 0.295 e. The minimum Gasteiger partial charge on any atom is -0.285 e. The van der Waals surface area contributed by atoms with E-state index in [1.54, 1.807) is 42.5 Å². The second-order valence-corrected chi connectivity index (χ2v) is 7.69. The molecule has 0 radical (unpaired) electrons. The van der Waals surface area contributed by atoms with Gasteiger partial charge in [0.1, 0.15) is 10.6 Å². The van der Waals surface area contributed by atoms with Gasteiger partial charge in [0.2, 0.25) is 0 Å². The average Bonchev–Trinajstić information content (AvgIpc) is 2.53. The summed E-state index contributed by atoms with van der Waals surface area (Å²) >= 11 is 0. The number of hydrogen-bond acceptors (Lipinski definition) is 4. The Bertz CT molecular complexity index is 960. The van der Waals surface area contributed by atoms with E-state index in [0.717, 1.165) is 5.56 Å². The maximum atomic E-state index is 10.7. The lowest BCUT2D eigenvalue weighted by atomic mass is 10.1. The zero-order chi connectivity index (χ0) is 19.1. The van der Waals surface area contributed by atoms with E-state index in [9.17, 15) is 16.8 Å². The molecule has 2 rings (SSSR count). The number of hydrogen-bond donors (Lipinski definition) is 2. The molecule has 0 amide bonds. The summed E-state index contributed by atoms with van der Waals surface area (Å²) in [4.78, 5) is -0.111. The fraction of sp³-hybridized carbons (Fsp3) is 0.0588. The Balaban J connectivity index is 0.000000251. The summed E-state index contributed by atoms with van der Waals surface area (Å²) in [5.74, 6) is -0.366. The molecule has 0 fully saturated rings. The highest BCUT2D eigenvalue weighted by molar-refractivity contribution is 7.86. The number of rotatable bonds is 5. The third-order valence-electron chi connectivity index (χ3n) is 3.03. The average molecular weight is 382 g/mol. The highest BCUT2D eigenvalue weighted by Gasteiger charge is 2.11. The van der Waals surface area contributed by atoms with Crippen molar-refractivity contribution < 1.29 is 25.9 Å². The SMILES string of the molecule is C=Cc1ccccc1CS(=O)(=O)O.C=Cc1ccccc1S(=O)(=O)O. The summed E-state index contributed by atoms with van der Waals surface area (Å²) in [6.07, 6.45) is 2.93. The highest BCUT2D eigenvalue weighted by Crippen LogP contribution is 2.15. The molecule has 0 heterocycles. The van der Waals surface area contributed by atoms with E-state index < -0.39 is 20.2 Å². The molecule has 0 bridgehead atoms. The molecule has 25 heavy (non-hydrogen) atoms.